The largest absolute Gasteiger partial charge is 0.409 e. The number of amidine groups is 1. The van der Waals surface area contributed by atoms with Crippen molar-refractivity contribution < 1.29 is 5.21 Å². The molecule has 0 aliphatic heterocycles. The van der Waals surface area contributed by atoms with Gasteiger partial charge < -0.3 is 10.9 Å². The normalized spacial score (nSPS) is 11.7. The van der Waals surface area contributed by atoms with E-state index in [4.69, 9.17) is 34.1 Å². The predicted molar refractivity (Wildman–Crippen MR) is 53.6 cm³/mol. The van der Waals surface area contributed by atoms with Gasteiger partial charge in [-0.3, -0.25) is 0 Å². The van der Waals surface area contributed by atoms with Crippen molar-refractivity contribution >= 4 is 29.0 Å². The molecule has 0 aliphatic rings. The highest BCUT2D eigenvalue weighted by atomic mass is 35.5. The van der Waals surface area contributed by atoms with Crippen molar-refractivity contribution in [3.05, 3.63) is 33.8 Å². The Bertz CT molecular complexity index is 339. The minimum atomic E-state index is 0.137. The van der Waals surface area contributed by atoms with Crippen LogP contribution in [0.1, 0.15) is 5.56 Å². The molecule has 13 heavy (non-hydrogen) atoms. The fourth-order valence-electron chi connectivity index (χ4n) is 0.894. The Morgan fingerprint density at radius 3 is 2.62 bits per heavy atom. The van der Waals surface area contributed by atoms with Crippen molar-refractivity contribution in [3.63, 3.8) is 0 Å². The van der Waals surface area contributed by atoms with E-state index in [1.54, 1.807) is 18.2 Å². The van der Waals surface area contributed by atoms with E-state index in [0.29, 0.717) is 16.5 Å². The molecule has 0 heterocycles. The van der Waals surface area contributed by atoms with E-state index in [1.807, 2.05) is 0 Å². The predicted octanol–water partition coefficient (Wildman–Crippen LogP) is 2.28. The molecule has 70 valence electrons. The Kier molecular flexibility index (Phi) is 3.39. The molecule has 0 fully saturated rings. The third-order valence-corrected chi connectivity index (χ3v) is 2.24. The summed E-state index contributed by atoms with van der Waals surface area (Å²) in [5.41, 5.74) is 6.17. The maximum atomic E-state index is 8.32. The van der Waals surface area contributed by atoms with Crippen LogP contribution in [0.3, 0.4) is 0 Å². The molecular weight excluding hydrogens is 211 g/mol. The van der Waals surface area contributed by atoms with Crippen LogP contribution in [0.5, 0.6) is 0 Å². The molecule has 0 aliphatic carbocycles. The second-order valence-electron chi connectivity index (χ2n) is 2.52. The summed E-state index contributed by atoms with van der Waals surface area (Å²) in [6, 6.07) is 5.12. The molecule has 0 saturated carbocycles. The standard InChI is InChI=1S/C8H8Cl2N2O/c9-6-2-1-5(3-7(6)10)4-8(11)12-13/h1-3,13H,4H2,(H2,11,12). The van der Waals surface area contributed by atoms with Crippen molar-refractivity contribution in [2.24, 2.45) is 10.9 Å². The number of hydrogen-bond acceptors (Lipinski definition) is 2. The molecule has 0 aromatic heterocycles. The average molecular weight is 219 g/mol. The van der Waals surface area contributed by atoms with Crippen LogP contribution in [0.15, 0.2) is 23.4 Å². The first kappa shape index (κ1) is 10.2. The Balaban J connectivity index is 2.86. The molecule has 0 saturated heterocycles. The number of benzene rings is 1. The fourth-order valence-corrected chi connectivity index (χ4v) is 1.21. The lowest BCUT2D eigenvalue weighted by Crippen LogP contribution is -2.14. The molecule has 1 aromatic carbocycles. The Labute approximate surface area is 85.8 Å². The molecule has 0 atom stereocenters. The second kappa shape index (κ2) is 4.35. The van der Waals surface area contributed by atoms with Gasteiger partial charge in [0, 0.05) is 6.42 Å². The fraction of sp³-hybridized carbons (Fsp3) is 0.125. The minimum Gasteiger partial charge on any atom is -0.409 e. The van der Waals surface area contributed by atoms with Crippen LogP contribution in [0.25, 0.3) is 0 Å². The van der Waals surface area contributed by atoms with Gasteiger partial charge in [-0.25, -0.2) is 0 Å². The van der Waals surface area contributed by atoms with Gasteiger partial charge in [-0.05, 0) is 17.7 Å². The summed E-state index contributed by atoms with van der Waals surface area (Å²) in [5, 5.41) is 12.1. The smallest absolute Gasteiger partial charge is 0.143 e. The molecule has 1 rings (SSSR count). The zero-order valence-corrected chi connectivity index (χ0v) is 8.18. The van der Waals surface area contributed by atoms with Crippen molar-refractivity contribution in [1.29, 1.82) is 0 Å². The molecule has 0 unspecified atom stereocenters. The summed E-state index contributed by atoms with van der Waals surface area (Å²) in [5.74, 6) is 0.137. The highest BCUT2D eigenvalue weighted by molar-refractivity contribution is 6.42. The number of nitrogens with two attached hydrogens (primary N) is 1. The van der Waals surface area contributed by atoms with E-state index in [-0.39, 0.29) is 5.84 Å². The van der Waals surface area contributed by atoms with Gasteiger partial charge in [0.25, 0.3) is 0 Å². The van der Waals surface area contributed by atoms with Gasteiger partial charge in [0.2, 0.25) is 0 Å². The summed E-state index contributed by atoms with van der Waals surface area (Å²) in [4.78, 5) is 0. The zero-order valence-electron chi connectivity index (χ0n) is 6.67. The van der Waals surface area contributed by atoms with Gasteiger partial charge in [0.05, 0.1) is 10.0 Å². The quantitative estimate of drug-likeness (QED) is 0.347. The first-order valence-electron chi connectivity index (χ1n) is 3.54. The van der Waals surface area contributed by atoms with Crippen LogP contribution >= 0.6 is 23.2 Å². The van der Waals surface area contributed by atoms with Gasteiger partial charge in [0.15, 0.2) is 0 Å². The molecule has 5 heteroatoms. The number of nitrogens with zero attached hydrogens (tertiary/aromatic N) is 1. The zero-order chi connectivity index (χ0) is 9.84. The summed E-state index contributed by atoms with van der Waals surface area (Å²) >= 11 is 11.5. The number of oxime groups is 1. The lowest BCUT2D eigenvalue weighted by Gasteiger charge is -2.01. The molecule has 3 N–H and O–H groups in total. The van der Waals surface area contributed by atoms with Gasteiger partial charge in [0.1, 0.15) is 5.84 Å². The Morgan fingerprint density at radius 2 is 2.08 bits per heavy atom. The average Bonchev–Trinajstić information content (AvgIpc) is 2.11. The molecule has 0 spiro atoms. The van der Waals surface area contributed by atoms with Crippen molar-refractivity contribution in [2.45, 2.75) is 6.42 Å². The third-order valence-electron chi connectivity index (χ3n) is 1.50. The van der Waals surface area contributed by atoms with Crippen LogP contribution in [0.2, 0.25) is 10.0 Å². The second-order valence-corrected chi connectivity index (χ2v) is 3.33. The van der Waals surface area contributed by atoms with Crippen LogP contribution in [-0.4, -0.2) is 11.0 Å². The number of hydrogen-bond donors (Lipinski definition) is 2. The SMILES string of the molecule is N/C(Cc1ccc(Cl)c(Cl)c1)=N/O. The van der Waals surface area contributed by atoms with Gasteiger partial charge in [-0.15, -0.1) is 0 Å². The number of halogens is 2. The van der Waals surface area contributed by atoms with Gasteiger partial charge in [-0.1, -0.05) is 34.4 Å². The highest BCUT2D eigenvalue weighted by Gasteiger charge is 2.01. The van der Waals surface area contributed by atoms with E-state index in [1.165, 1.54) is 0 Å². The molecule has 0 bridgehead atoms. The molecular formula is C8H8Cl2N2O. The van der Waals surface area contributed by atoms with E-state index in [0.717, 1.165) is 5.56 Å². The Hall–Kier alpha value is -0.930. The number of rotatable bonds is 2. The van der Waals surface area contributed by atoms with Crippen LogP contribution in [0, 0.1) is 0 Å². The maximum Gasteiger partial charge on any atom is 0.143 e. The van der Waals surface area contributed by atoms with E-state index < -0.39 is 0 Å². The lowest BCUT2D eigenvalue weighted by molar-refractivity contribution is 0.317. The summed E-state index contributed by atoms with van der Waals surface area (Å²) in [6.45, 7) is 0. The molecule has 0 amide bonds. The monoisotopic (exact) mass is 218 g/mol. The summed E-state index contributed by atoms with van der Waals surface area (Å²) in [6.07, 6.45) is 0.355. The molecule has 3 nitrogen and oxygen atoms in total. The summed E-state index contributed by atoms with van der Waals surface area (Å²) < 4.78 is 0. The van der Waals surface area contributed by atoms with Crippen LogP contribution in [0.4, 0.5) is 0 Å². The Morgan fingerprint density at radius 1 is 1.38 bits per heavy atom. The van der Waals surface area contributed by atoms with Crippen molar-refractivity contribution in [2.75, 3.05) is 0 Å². The maximum absolute atomic E-state index is 8.32. The van der Waals surface area contributed by atoms with Crippen LogP contribution in [-0.2, 0) is 6.42 Å². The van der Waals surface area contributed by atoms with Gasteiger partial charge >= 0.3 is 0 Å². The van der Waals surface area contributed by atoms with E-state index in [2.05, 4.69) is 5.16 Å². The first-order valence-corrected chi connectivity index (χ1v) is 4.29. The third kappa shape index (κ3) is 2.79. The molecule has 1 aromatic rings. The van der Waals surface area contributed by atoms with Crippen molar-refractivity contribution in [1.82, 2.24) is 0 Å². The van der Waals surface area contributed by atoms with Gasteiger partial charge in [-0.2, -0.15) is 0 Å². The molecule has 0 radical (unpaired) electrons. The highest BCUT2D eigenvalue weighted by Crippen LogP contribution is 2.22. The minimum absolute atomic E-state index is 0.137. The topological polar surface area (TPSA) is 58.6 Å². The summed E-state index contributed by atoms with van der Waals surface area (Å²) in [7, 11) is 0. The lowest BCUT2D eigenvalue weighted by atomic mass is 10.1. The van der Waals surface area contributed by atoms with Crippen molar-refractivity contribution in [3.8, 4) is 0 Å². The first-order chi connectivity index (χ1) is 6.13. The van der Waals surface area contributed by atoms with E-state index in [9.17, 15) is 0 Å². The van der Waals surface area contributed by atoms with Crippen LogP contribution < -0.4 is 5.73 Å². The van der Waals surface area contributed by atoms with E-state index >= 15 is 0 Å².